The van der Waals surface area contributed by atoms with Crippen LogP contribution in [0.5, 0.6) is 0 Å². The van der Waals surface area contributed by atoms with Gasteiger partial charge < -0.3 is 0 Å². The molecule has 0 aliphatic carbocycles. The Labute approximate surface area is 60.9 Å². The van der Waals surface area contributed by atoms with Crippen LogP contribution in [0.3, 0.4) is 0 Å². The van der Waals surface area contributed by atoms with Crippen LogP contribution in [0.2, 0.25) is 0 Å². The van der Waals surface area contributed by atoms with E-state index in [1.807, 2.05) is 0 Å². The van der Waals surface area contributed by atoms with Crippen molar-refractivity contribution >= 4 is 39.1 Å². The van der Waals surface area contributed by atoms with Crippen molar-refractivity contribution in [3.8, 4) is 0 Å². The second-order valence-electron chi connectivity index (χ2n) is 0.862. The highest BCUT2D eigenvalue weighted by Crippen LogP contribution is 2.17. The van der Waals surface area contributed by atoms with Crippen molar-refractivity contribution in [1.29, 1.82) is 0 Å². The van der Waals surface area contributed by atoms with Gasteiger partial charge in [0.1, 0.15) is 0 Å². The zero-order valence-electron chi connectivity index (χ0n) is 3.42. The first-order valence-corrected chi connectivity index (χ1v) is 3.16. The van der Waals surface area contributed by atoms with Crippen LogP contribution in [0.25, 0.3) is 0 Å². The van der Waals surface area contributed by atoms with E-state index in [0.717, 1.165) is 0 Å². The van der Waals surface area contributed by atoms with Crippen molar-refractivity contribution in [2.75, 3.05) is 0 Å². The molecule has 0 unspecified atom stereocenters. The van der Waals surface area contributed by atoms with Crippen molar-refractivity contribution in [3.05, 3.63) is 21.6 Å². The highest BCUT2D eigenvalue weighted by molar-refractivity contribution is 9.11. The van der Waals surface area contributed by atoms with E-state index in [1.54, 1.807) is 0 Å². The van der Waals surface area contributed by atoms with E-state index in [9.17, 15) is 0 Å². The average molecular weight is 202 g/mol. The van der Waals surface area contributed by atoms with Crippen LogP contribution in [0, 0.1) is 0 Å². The maximum absolute atomic E-state index is 5.38. The summed E-state index contributed by atoms with van der Waals surface area (Å²) in [4.78, 5) is 1.50. The Morgan fingerprint density at radius 3 is 2.00 bits per heavy atom. The molecule has 0 saturated heterocycles. The Kier molecular flexibility index (Phi) is 3.80. The highest BCUT2D eigenvalue weighted by atomic mass is 79.9. The lowest BCUT2D eigenvalue weighted by Crippen LogP contribution is -1.61. The number of hydrogen-bond donors (Lipinski definition) is 0. The molecule has 0 fully saturated rings. The van der Waals surface area contributed by atoms with Crippen molar-refractivity contribution in [3.63, 3.8) is 0 Å². The molecule has 0 atom stereocenters. The molecule has 7 heavy (non-hydrogen) atoms. The molecule has 0 aromatic heterocycles. The van der Waals surface area contributed by atoms with Gasteiger partial charge in [-0.05, 0) is 0 Å². The van der Waals surface area contributed by atoms with Crippen LogP contribution in [0.4, 0.5) is 0 Å². The zero-order valence-corrected chi connectivity index (χ0v) is 6.52. The fraction of sp³-hybridized carbons (Fsp3) is 0. The molecule has 0 rings (SSSR count). The van der Waals surface area contributed by atoms with Gasteiger partial charge in [0.15, 0.2) is 0 Å². The first-order chi connectivity index (χ1) is 3.18. The average Bonchev–Trinajstić information content (AvgIpc) is 1.65. The van der Waals surface area contributed by atoms with Gasteiger partial charge in [-0.2, -0.15) is 0 Å². The monoisotopic (exact) mass is 200 g/mol. The third-order valence-electron chi connectivity index (χ3n) is 0.355. The van der Waals surface area contributed by atoms with Crippen LogP contribution < -0.4 is 0 Å². The molecular formula is C4H3BrCl2. The van der Waals surface area contributed by atoms with Gasteiger partial charge in [0.05, 0.1) is 10.1 Å². The lowest BCUT2D eigenvalue weighted by atomic mass is 10.6. The van der Waals surface area contributed by atoms with Gasteiger partial charge in [-0.1, -0.05) is 45.7 Å². The number of rotatable bonds is 1. The molecule has 0 aromatic rings. The summed E-state index contributed by atoms with van der Waals surface area (Å²) < 4.78 is 0. The summed E-state index contributed by atoms with van der Waals surface area (Å²) in [7, 11) is 0. The standard InChI is InChI=1S/C4H3BrCl2/c1-3(6)4(7)2-5/h2H,1H2. The fourth-order valence-corrected chi connectivity index (χ4v) is 0.522. The highest BCUT2D eigenvalue weighted by Gasteiger charge is 1.88. The van der Waals surface area contributed by atoms with E-state index in [1.165, 1.54) is 4.99 Å². The summed E-state index contributed by atoms with van der Waals surface area (Å²) in [6.45, 7) is 3.36. The van der Waals surface area contributed by atoms with Gasteiger partial charge in [0.2, 0.25) is 0 Å². The lowest BCUT2D eigenvalue weighted by Gasteiger charge is -1.84. The smallest absolute Gasteiger partial charge is 0.0655 e. The Hall–Kier alpha value is 0.540. The minimum atomic E-state index is 0.346. The molecule has 0 N–H and O–H groups in total. The predicted octanol–water partition coefficient (Wildman–Crippen LogP) is 3.21. The molecule has 0 spiro atoms. The van der Waals surface area contributed by atoms with Crippen LogP contribution >= 0.6 is 39.1 Å². The summed E-state index contributed by atoms with van der Waals surface area (Å²) in [6.07, 6.45) is 0. The fourth-order valence-electron chi connectivity index (χ4n) is 0.0592. The molecule has 0 nitrogen and oxygen atoms in total. The molecule has 0 bridgehead atoms. The van der Waals surface area contributed by atoms with E-state index in [-0.39, 0.29) is 0 Å². The molecule has 0 aromatic carbocycles. The zero-order chi connectivity index (χ0) is 5.86. The summed E-state index contributed by atoms with van der Waals surface area (Å²) in [5, 5.41) is 0.778. The molecule has 0 aliphatic heterocycles. The van der Waals surface area contributed by atoms with Crippen LogP contribution in [0.15, 0.2) is 21.6 Å². The van der Waals surface area contributed by atoms with Crippen LogP contribution in [-0.4, -0.2) is 0 Å². The second kappa shape index (κ2) is 3.53. The summed E-state index contributed by atoms with van der Waals surface area (Å²) in [6, 6.07) is 0. The molecular weight excluding hydrogens is 199 g/mol. The Morgan fingerprint density at radius 2 is 2.00 bits per heavy atom. The number of allylic oxidation sites excluding steroid dienone is 2. The topological polar surface area (TPSA) is 0 Å². The normalized spacial score (nSPS) is 11.6. The maximum atomic E-state index is 5.38. The molecule has 0 saturated carbocycles. The predicted molar refractivity (Wildman–Crippen MR) is 37.9 cm³/mol. The van der Waals surface area contributed by atoms with E-state index in [0.29, 0.717) is 10.1 Å². The third kappa shape index (κ3) is 3.15. The van der Waals surface area contributed by atoms with Gasteiger partial charge in [-0.15, -0.1) is 0 Å². The SMILES string of the molecule is C=C(Cl)C(Cl)=CBr. The minimum Gasteiger partial charge on any atom is -0.0833 e. The van der Waals surface area contributed by atoms with Gasteiger partial charge >= 0.3 is 0 Å². The first kappa shape index (κ1) is 7.54. The Balaban J connectivity index is 3.82. The molecule has 0 amide bonds. The van der Waals surface area contributed by atoms with Gasteiger partial charge in [-0.3, -0.25) is 0 Å². The number of hydrogen-bond acceptors (Lipinski definition) is 0. The lowest BCUT2D eigenvalue weighted by molar-refractivity contribution is 1.93. The van der Waals surface area contributed by atoms with Gasteiger partial charge in [0.25, 0.3) is 0 Å². The molecule has 0 heterocycles. The van der Waals surface area contributed by atoms with Gasteiger partial charge in [0, 0.05) is 4.99 Å². The Morgan fingerprint density at radius 1 is 1.57 bits per heavy atom. The molecule has 40 valence electrons. The second-order valence-corrected chi connectivity index (χ2v) is 2.18. The molecule has 0 aliphatic rings. The minimum absolute atomic E-state index is 0.346. The first-order valence-electron chi connectivity index (χ1n) is 1.49. The van der Waals surface area contributed by atoms with Crippen molar-refractivity contribution in [2.45, 2.75) is 0 Å². The van der Waals surface area contributed by atoms with Crippen LogP contribution in [-0.2, 0) is 0 Å². The van der Waals surface area contributed by atoms with Crippen molar-refractivity contribution in [1.82, 2.24) is 0 Å². The van der Waals surface area contributed by atoms with E-state index in [4.69, 9.17) is 23.2 Å². The largest absolute Gasteiger partial charge is 0.0833 e. The Bertz CT molecular complexity index is 106. The summed E-state index contributed by atoms with van der Waals surface area (Å²) in [5.41, 5.74) is 0. The summed E-state index contributed by atoms with van der Waals surface area (Å²) >= 11 is 13.7. The van der Waals surface area contributed by atoms with E-state index in [2.05, 4.69) is 22.5 Å². The van der Waals surface area contributed by atoms with Crippen molar-refractivity contribution in [2.24, 2.45) is 0 Å². The van der Waals surface area contributed by atoms with Gasteiger partial charge in [-0.25, -0.2) is 0 Å². The van der Waals surface area contributed by atoms with E-state index < -0.39 is 0 Å². The maximum Gasteiger partial charge on any atom is 0.0655 e. The molecule has 0 radical (unpaired) electrons. The van der Waals surface area contributed by atoms with E-state index >= 15 is 0 Å². The van der Waals surface area contributed by atoms with Crippen LogP contribution in [0.1, 0.15) is 0 Å². The molecule has 3 heteroatoms. The van der Waals surface area contributed by atoms with Crippen molar-refractivity contribution < 1.29 is 0 Å². The third-order valence-corrected chi connectivity index (χ3v) is 1.71. The number of halogens is 3. The summed E-state index contributed by atoms with van der Waals surface area (Å²) in [5.74, 6) is 0. The quantitative estimate of drug-likeness (QED) is 0.572.